The average molecular weight is 361 g/mol. The lowest BCUT2D eigenvalue weighted by atomic mass is 10.1. The van der Waals surface area contributed by atoms with Crippen molar-refractivity contribution in [1.82, 2.24) is 14.3 Å². The third-order valence-corrected chi connectivity index (χ3v) is 4.17. The third kappa shape index (κ3) is 4.53. The van der Waals surface area contributed by atoms with Gasteiger partial charge in [-0.1, -0.05) is 19.1 Å². The summed E-state index contributed by atoms with van der Waals surface area (Å²) < 4.78 is 8.80. The van der Waals surface area contributed by atoms with Gasteiger partial charge in [-0.15, -0.1) is 0 Å². The number of rotatable bonds is 9. The van der Waals surface area contributed by atoms with Crippen molar-refractivity contribution in [1.29, 1.82) is 0 Å². The summed E-state index contributed by atoms with van der Waals surface area (Å²) in [7, 11) is 0. The first kappa shape index (κ1) is 19.8. The molecule has 1 aromatic heterocycles. The molecule has 0 unspecified atom stereocenters. The fourth-order valence-corrected chi connectivity index (χ4v) is 2.68. The zero-order valence-electron chi connectivity index (χ0n) is 15.9. The minimum Gasteiger partial charge on any atom is -0.478 e. The van der Waals surface area contributed by atoms with Gasteiger partial charge in [-0.2, -0.15) is 5.10 Å². The Bertz CT molecular complexity index is 820. The molecule has 0 spiro atoms. The normalized spacial score (nSPS) is 11.5. The predicted octanol–water partition coefficient (Wildman–Crippen LogP) is 2.50. The molecule has 0 saturated heterocycles. The molecule has 0 bridgehead atoms. The van der Waals surface area contributed by atoms with Gasteiger partial charge in [-0.3, -0.25) is 4.57 Å². The standard InChI is InChI=1S/C19H27N3O4/c1-5-12-21-16(20-22(6-2)18(21)25)11-10-14-8-7-9-15(13-14)26-19(3,4)17(23)24/h7-9,13H,5-6,10-12H2,1-4H3,(H,23,24). The second kappa shape index (κ2) is 8.21. The summed E-state index contributed by atoms with van der Waals surface area (Å²) in [6, 6.07) is 7.38. The van der Waals surface area contributed by atoms with Crippen LogP contribution in [0.1, 0.15) is 45.5 Å². The van der Waals surface area contributed by atoms with Gasteiger partial charge in [-0.25, -0.2) is 14.3 Å². The first-order chi connectivity index (χ1) is 12.3. The number of aliphatic carboxylic acids is 1. The predicted molar refractivity (Wildman–Crippen MR) is 98.6 cm³/mol. The van der Waals surface area contributed by atoms with Crippen LogP contribution in [-0.2, 0) is 30.7 Å². The molecule has 0 aliphatic carbocycles. The van der Waals surface area contributed by atoms with Crippen LogP contribution in [0.4, 0.5) is 0 Å². The fourth-order valence-electron chi connectivity index (χ4n) is 2.68. The van der Waals surface area contributed by atoms with E-state index in [1.54, 1.807) is 10.6 Å². The zero-order chi connectivity index (χ0) is 19.3. The van der Waals surface area contributed by atoms with Gasteiger partial charge in [0, 0.05) is 19.5 Å². The maximum atomic E-state index is 12.3. The molecule has 0 atom stereocenters. The molecule has 142 valence electrons. The summed E-state index contributed by atoms with van der Waals surface area (Å²) in [5.74, 6) is 0.271. The van der Waals surface area contributed by atoms with Crippen LogP contribution in [0.2, 0.25) is 0 Å². The highest BCUT2D eigenvalue weighted by Crippen LogP contribution is 2.20. The lowest BCUT2D eigenvalue weighted by molar-refractivity contribution is -0.152. The molecule has 0 aliphatic rings. The van der Waals surface area contributed by atoms with Crippen molar-refractivity contribution in [3.8, 4) is 5.75 Å². The smallest absolute Gasteiger partial charge is 0.347 e. The number of hydrogen-bond acceptors (Lipinski definition) is 4. The van der Waals surface area contributed by atoms with E-state index in [1.165, 1.54) is 18.5 Å². The van der Waals surface area contributed by atoms with E-state index in [2.05, 4.69) is 5.10 Å². The van der Waals surface area contributed by atoms with Crippen molar-refractivity contribution in [3.63, 3.8) is 0 Å². The zero-order valence-corrected chi connectivity index (χ0v) is 15.9. The van der Waals surface area contributed by atoms with Crippen LogP contribution < -0.4 is 10.4 Å². The van der Waals surface area contributed by atoms with E-state index >= 15 is 0 Å². The summed E-state index contributed by atoms with van der Waals surface area (Å²) in [4.78, 5) is 23.5. The maximum absolute atomic E-state index is 12.3. The van der Waals surface area contributed by atoms with E-state index < -0.39 is 11.6 Å². The molecule has 0 saturated carbocycles. The number of carbonyl (C=O) groups is 1. The molecule has 0 fully saturated rings. The highest BCUT2D eigenvalue weighted by molar-refractivity contribution is 5.76. The van der Waals surface area contributed by atoms with Crippen molar-refractivity contribution >= 4 is 5.97 Å². The number of ether oxygens (including phenoxy) is 1. The molecule has 1 heterocycles. The Labute approximate surface area is 153 Å². The quantitative estimate of drug-likeness (QED) is 0.741. The number of aryl methyl sites for hydroxylation is 3. The largest absolute Gasteiger partial charge is 0.478 e. The van der Waals surface area contributed by atoms with Crippen LogP contribution in [0.25, 0.3) is 0 Å². The summed E-state index contributed by atoms with van der Waals surface area (Å²) in [6.07, 6.45) is 2.19. The molecule has 2 rings (SSSR count). The first-order valence-electron chi connectivity index (χ1n) is 8.96. The van der Waals surface area contributed by atoms with E-state index in [0.717, 1.165) is 17.8 Å². The number of aromatic nitrogens is 3. The monoisotopic (exact) mass is 361 g/mol. The van der Waals surface area contributed by atoms with Crippen molar-refractivity contribution in [2.75, 3.05) is 0 Å². The Hall–Kier alpha value is -2.57. The molecule has 1 aromatic carbocycles. The van der Waals surface area contributed by atoms with Gasteiger partial charge < -0.3 is 9.84 Å². The van der Waals surface area contributed by atoms with Gasteiger partial charge in [0.05, 0.1) is 0 Å². The Morgan fingerprint density at radius 2 is 2.00 bits per heavy atom. The van der Waals surface area contributed by atoms with Crippen molar-refractivity contribution in [2.45, 2.75) is 65.6 Å². The average Bonchev–Trinajstić information content (AvgIpc) is 2.89. The molecule has 0 amide bonds. The SMILES string of the molecule is CCCn1c(CCc2cccc(OC(C)(C)C(=O)O)c2)nn(CC)c1=O. The number of carboxylic acid groups (broad SMARTS) is 1. The fraction of sp³-hybridized carbons (Fsp3) is 0.526. The Balaban J connectivity index is 2.14. The molecule has 0 radical (unpaired) electrons. The number of carboxylic acids is 1. The van der Waals surface area contributed by atoms with Gasteiger partial charge in [0.25, 0.3) is 0 Å². The van der Waals surface area contributed by atoms with E-state index in [1.807, 2.05) is 32.0 Å². The van der Waals surface area contributed by atoms with Crippen LogP contribution in [0.3, 0.4) is 0 Å². The molecule has 0 aliphatic heterocycles. The lowest BCUT2D eigenvalue weighted by Gasteiger charge is -2.21. The van der Waals surface area contributed by atoms with Crippen LogP contribution in [0.5, 0.6) is 5.75 Å². The Morgan fingerprint density at radius 3 is 2.62 bits per heavy atom. The second-order valence-electron chi connectivity index (χ2n) is 6.73. The van der Waals surface area contributed by atoms with Gasteiger partial charge in [-0.05, 0) is 51.3 Å². The topological polar surface area (TPSA) is 86.3 Å². The molecular formula is C19H27N3O4. The van der Waals surface area contributed by atoms with Crippen LogP contribution in [0.15, 0.2) is 29.1 Å². The van der Waals surface area contributed by atoms with E-state index in [4.69, 9.17) is 4.74 Å². The lowest BCUT2D eigenvalue weighted by Crippen LogP contribution is -2.37. The summed E-state index contributed by atoms with van der Waals surface area (Å²) in [6.45, 7) is 8.18. The summed E-state index contributed by atoms with van der Waals surface area (Å²) in [5, 5.41) is 13.6. The van der Waals surface area contributed by atoms with E-state index in [9.17, 15) is 14.7 Å². The van der Waals surface area contributed by atoms with Crippen molar-refractivity contribution in [2.24, 2.45) is 0 Å². The number of hydrogen-bond donors (Lipinski definition) is 1. The van der Waals surface area contributed by atoms with Crippen LogP contribution >= 0.6 is 0 Å². The van der Waals surface area contributed by atoms with E-state index in [-0.39, 0.29) is 5.69 Å². The minimum atomic E-state index is -1.29. The minimum absolute atomic E-state index is 0.0651. The van der Waals surface area contributed by atoms with E-state index in [0.29, 0.717) is 31.7 Å². The third-order valence-electron chi connectivity index (χ3n) is 4.17. The van der Waals surface area contributed by atoms with Gasteiger partial charge in [0.15, 0.2) is 5.60 Å². The molecule has 7 nitrogen and oxygen atoms in total. The highest BCUT2D eigenvalue weighted by Gasteiger charge is 2.29. The summed E-state index contributed by atoms with van der Waals surface area (Å²) in [5.41, 5.74) is -0.352. The summed E-state index contributed by atoms with van der Waals surface area (Å²) >= 11 is 0. The second-order valence-corrected chi connectivity index (χ2v) is 6.73. The van der Waals surface area contributed by atoms with Crippen molar-refractivity contribution < 1.29 is 14.6 Å². The Kier molecular flexibility index (Phi) is 6.23. The molecular weight excluding hydrogens is 334 g/mol. The first-order valence-corrected chi connectivity index (χ1v) is 8.96. The van der Waals surface area contributed by atoms with Gasteiger partial charge in [0.2, 0.25) is 0 Å². The van der Waals surface area contributed by atoms with Crippen LogP contribution in [0, 0.1) is 0 Å². The maximum Gasteiger partial charge on any atom is 0.347 e. The van der Waals surface area contributed by atoms with Gasteiger partial charge in [0.1, 0.15) is 11.6 Å². The number of benzene rings is 1. The molecule has 2 aromatic rings. The highest BCUT2D eigenvalue weighted by atomic mass is 16.5. The number of nitrogens with zero attached hydrogens (tertiary/aromatic N) is 3. The molecule has 1 N–H and O–H groups in total. The van der Waals surface area contributed by atoms with Gasteiger partial charge >= 0.3 is 11.7 Å². The molecule has 26 heavy (non-hydrogen) atoms. The van der Waals surface area contributed by atoms with Crippen molar-refractivity contribution in [3.05, 3.63) is 46.1 Å². The molecule has 7 heteroatoms. The van der Waals surface area contributed by atoms with Crippen LogP contribution in [-0.4, -0.2) is 31.0 Å². The Morgan fingerprint density at radius 1 is 1.27 bits per heavy atom.